The summed E-state index contributed by atoms with van der Waals surface area (Å²) in [5, 5.41) is 17.2. The highest BCUT2D eigenvalue weighted by Crippen LogP contribution is 2.34. The lowest BCUT2D eigenvalue weighted by Crippen LogP contribution is -2.31. The fourth-order valence-corrected chi connectivity index (χ4v) is 4.40. The maximum Gasteiger partial charge on any atom is 0.416 e. The normalized spacial score (nSPS) is 15.1. The molecule has 12 heteroatoms. The number of rotatable bonds is 7. The van der Waals surface area contributed by atoms with Crippen molar-refractivity contribution < 1.29 is 23.1 Å². The summed E-state index contributed by atoms with van der Waals surface area (Å²) in [4.78, 5) is 24.8. The summed E-state index contributed by atoms with van der Waals surface area (Å²) in [6.07, 6.45) is 2.21. The molecule has 36 heavy (non-hydrogen) atoms. The van der Waals surface area contributed by atoms with Crippen LogP contribution in [0.4, 0.5) is 19.0 Å². The number of imidazole rings is 1. The van der Waals surface area contributed by atoms with Gasteiger partial charge in [0.15, 0.2) is 11.5 Å². The molecule has 0 amide bonds. The molecular weight excluding hydrogens is 475 g/mol. The van der Waals surface area contributed by atoms with Crippen LogP contribution in [0.15, 0.2) is 36.7 Å². The summed E-state index contributed by atoms with van der Waals surface area (Å²) in [5.74, 6) is -0.452. The van der Waals surface area contributed by atoms with Gasteiger partial charge in [-0.15, -0.1) is 0 Å². The number of aromatic nitrogens is 6. The Balaban J connectivity index is 1.66. The molecule has 0 aliphatic heterocycles. The third-order valence-corrected chi connectivity index (χ3v) is 6.60. The van der Waals surface area contributed by atoms with Crippen molar-refractivity contribution in [3.8, 4) is 11.4 Å². The van der Waals surface area contributed by atoms with E-state index in [1.807, 2.05) is 6.92 Å². The molecule has 9 nitrogen and oxygen atoms in total. The molecule has 4 aromatic rings. The number of aromatic carboxylic acids is 1. The number of alkyl halides is 3. The quantitative estimate of drug-likeness (QED) is 0.383. The maximum atomic E-state index is 13.1. The van der Waals surface area contributed by atoms with Gasteiger partial charge >= 0.3 is 12.1 Å². The van der Waals surface area contributed by atoms with Gasteiger partial charge in [-0.3, -0.25) is 4.68 Å². The lowest BCUT2D eigenvalue weighted by Gasteiger charge is -2.32. The van der Waals surface area contributed by atoms with Crippen LogP contribution in [0, 0.1) is 5.92 Å². The van der Waals surface area contributed by atoms with Crippen molar-refractivity contribution in [3.05, 3.63) is 53.6 Å². The fourth-order valence-electron chi connectivity index (χ4n) is 4.40. The molecule has 0 radical (unpaired) electrons. The second kappa shape index (κ2) is 8.92. The zero-order chi connectivity index (χ0) is 25.6. The van der Waals surface area contributed by atoms with Gasteiger partial charge in [0.25, 0.3) is 0 Å². The average molecular weight is 499 g/mol. The van der Waals surface area contributed by atoms with E-state index in [1.165, 1.54) is 12.1 Å². The topological polar surface area (TPSA) is 111 Å². The Kier molecular flexibility index (Phi) is 5.89. The van der Waals surface area contributed by atoms with E-state index in [2.05, 4.69) is 25.4 Å². The molecule has 1 unspecified atom stereocenters. The third-order valence-electron chi connectivity index (χ3n) is 6.60. The zero-order valence-corrected chi connectivity index (χ0v) is 19.6. The first kappa shape index (κ1) is 23.8. The SMILES string of the molecule is CC(Nc1nc(C(=O)O)nc2nc(-c3cnn(C)c3)n(Cc3ccc(C(F)(F)F)cc3)c12)C1CCC1. The van der Waals surface area contributed by atoms with E-state index in [0.29, 0.717) is 34.2 Å². The second-order valence-corrected chi connectivity index (χ2v) is 9.12. The van der Waals surface area contributed by atoms with Gasteiger partial charge in [-0.1, -0.05) is 18.6 Å². The number of aryl methyl sites for hydroxylation is 1. The van der Waals surface area contributed by atoms with Crippen LogP contribution in [0.25, 0.3) is 22.6 Å². The molecule has 1 atom stereocenters. The molecule has 2 N–H and O–H groups in total. The molecule has 5 rings (SSSR count). The van der Waals surface area contributed by atoms with Crippen LogP contribution < -0.4 is 5.32 Å². The average Bonchev–Trinajstić information content (AvgIpc) is 3.35. The Morgan fingerprint density at radius 2 is 1.92 bits per heavy atom. The lowest BCUT2D eigenvalue weighted by atomic mass is 9.80. The van der Waals surface area contributed by atoms with Gasteiger partial charge in [-0.05, 0) is 43.4 Å². The predicted octanol–water partition coefficient (Wildman–Crippen LogP) is 4.59. The molecule has 1 aromatic carbocycles. The van der Waals surface area contributed by atoms with Crippen LogP contribution in [0.5, 0.6) is 0 Å². The molecular formula is C24H24F3N7O2. The maximum absolute atomic E-state index is 13.1. The van der Waals surface area contributed by atoms with Crippen LogP contribution in [0.3, 0.4) is 0 Å². The van der Waals surface area contributed by atoms with Crippen molar-refractivity contribution >= 4 is 23.0 Å². The Labute approximate surface area is 204 Å². The van der Waals surface area contributed by atoms with Gasteiger partial charge in [0.1, 0.15) is 11.3 Å². The molecule has 188 valence electrons. The van der Waals surface area contributed by atoms with Crippen molar-refractivity contribution in [2.45, 2.75) is 44.9 Å². The Hall–Kier alpha value is -3.96. The van der Waals surface area contributed by atoms with E-state index in [-0.39, 0.29) is 24.1 Å². The molecule has 0 spiro atoms. The highest BCUT2D eigenvalue weighted by atomic mass is 19.4. The monoisotopic (exact) mass is 499 g/mol. The van der Waals surface area contributed by atoms with Crippen molar-refractivity contribution in [2.75, 3.05) is 5.32 Å². The predicted molar refractivity (Wildman–Crippen MR) is 125 cm³/mol. The lowest BCUT2D eigenvalue weighted by molar-refractivity contribution is -0.137. The van der Waals surface area contributed by atoms with E-state index in [9.17, 15) is 23.1 Å². The van der Waals surface area contributed by atoms with Gasteiger partial charge < -0.3 is 15.0 Å². The molecule has 1 aliphatic carbocycles. The molecule has 3 heterocycles. The van der Waals surface area contributed by atoms with Crippen molar-refractivity contribution in [2.24, 2.45) is 13.0 Å². The summed E-state index contributed by atoms with van der Waals surface area (Å²) in [5.41, 5.74) is 1.17. The summed E-state index contributed by atoms with van der Waals surface area (Å²) >= 11 is 0. The molecule has 1 saturated carbocycles. The van der Waals surface area contributed by atoms with E-state index in [1.54, 1.807) is 28.7 Å². The first-order valence-electron chi connectivity index (χ1n) is 11.5. The van der Waals surface area contributed by atoms with Gasteiger partial charge in [0.2, 0.25) is 5.82 Å². The molecule has 0 saturated heterocycles. The minimum Gasteiger partial charge on any atom is -0.475 e. The number of nitrogens with one attached hydrogen (secondary N) is 1. The molecule has 1 aliphatic rings. The number of fused-ring (bicyclic) bond motifs is 1. The number of halogens is 3. The van der Waals surface area contributed by atoms with Gasteiger partial charge in [0, 0.05) is 25.8 Å². The minimum absolute atomic E-state index is 0.0368. The van der Waals surface area contributed by atoms with E-state index in [4.69, 9.17) is 0 Å². The standard InChI is InChI=1S/C24H24F3N7O2/c1-13(15-4-3-5-15)29-19-18-20(31-21(30-19)23(35)36)32-22(16-10-28-33(2)12-16)34(18)11-14-6-8-17(9-7-14)24(25,26)27/h6-10,12-13,15H,3-5,11H2,1-2H3,(H,35,36)(H,29,30,31). The van der Waals surface area contributed by atoms with Gasteiger partial charge in [-0.25, -0.2) is 19.7 Å². The van der Waals surface area contributed by atoms with Gasteiger partial charge in [0.05, 0.1) is 17.3 Å². The number of carboxylic acids is 1. The number of benzene rings is 1. The molecule has 1 fully saturated rings. The third kappa shape index (κ3) is 4.50. The highest BCUT2D eigenvalue weighted by Gasteiger charge is 2.30. The molecule has 0 bridgehead atoms. The largest absolute Gasteiger partial charge is 0.475 e. The summed E-state index contributed by atoms with van der Waals surface area (Å²) in [7, 11) is 1.75. The Morgan fingerprint density at radius 1 is 1.19 bits per heavy atom. The Morgan fingerprint density at radius 3 is 2.47 bits per heavy atom. The second-order valence-electron chi connectivity index (χ2n) is 9.12. The first-order chi connectivity index (χ1) is 17.1. The number of hydrogen-bond acceptors (Lipinski definition) is 6. The van der Waals surface area contributed by atoms with Crippen LogP contribution in [-0.4, -0.2) is 46.4 Å². The number of carbonyl (C=O) groups is 1. The van der Waals surface area contributed by atoms with Crippen molar-refractivity contribution in [1.29, 1.82) is 0 Å². The summed E-state index contributed by atoms with van der Waals surface area (Å²) < 4.78 is 42.6. The number of hydrogen-bond donors (Lipinski definition) is 2. The van der Waals surface area contributed by atoms with E-state index in [0.717, 1.165) is 31.4 Å². The number of carboxylic acid groups (broad SMARTS) is 1. The van der Waals surface area contributed by atoms with Gasteiger partial charge in [-0.2, -0.15) is 18.3 Å². The minimum atomic E-state index is -4.43. The number of nitrogens with zero attached hydrogens (tertiary/aromatic N) is 6. The molecule has 3 aromatic heterocycles. The smallest absolute Gasteiger partial charge is 0.416 e. The first-order valence-corrected chi connectivity index (χ1v) is 11.5. The summed E-state index contributed by atoms with van der Waals surface area (Å²) in [6, 6.07) is 4.94. The van der Waals surface area contributed by atoms with Crippen LogP contribution >= 0.6 is 0 Å². The number of anilines is 1. The van der Waals surface area contributed by atoms with E-state index >= 15 is 0 Å². The van der Waals surface area contributed by atoms with Crippen LogP contribution in [0.1, 0.15) is 47.9 Å². The van der Waals surface area contributed by atoms with E-state index < -0.39 is 17.7 Å². The fraction of sp³-hybridized carbons (Fsp3) is 0.375. The van der Waals surface area contributed by atoms with Crippen LogP contribution in [-0.2, 0) is 19.8 Å². The summed E-state index contributed by atoms with van der Waals surface area (Å²) in [6.45, 7) is 2.19. The van der Waals surface area contributed by atoms with Crippen molar-refractivity contribution in [1.82, 2.24) is 29.3 Å². The van der Waals surface area contributed by atoms with Crippen molar-refractivity contribution in [3.63, 3.8) is 0 Å². The highest BCUT2D eigenvalue weighted by molar-refractivity contribution is 5.92. The zero-order valence-electron chi connectivity index (χ0n) is 19.6. The Bertz CT molecular complexity index is 1420. The van der Waals surface area contributed by atoms with Crippen LogP contribution in [0.2, 0.25) is 0 Å².